The van der Waals surface area contributed by atoms with Gasteiger partial charge in [0.05, 0.1) is 13.2 Å². The molecule has 0 aliphatic rings. The molecule has 0 spiro atoms. The van der Waals surface area contributed by atoms with E-state index >= 15 is 0 Å². The topological polar surface area (TPSA) is 49.7 Å². The van der Waals surface area contributed by atoms with Crippen molar-refractivity contribution in [2.75, 3.05) is 0 Å². The zero-order valence-electron chi connectivity index (χ0n) is 17.7. The lowest BCUT2D eigenvalue weighted by atomic mass is 10.0. The second-order valence-corrected chi connectivity index (χ2v) is 7.23. The molecular weight excluding hydrogens is 450 g/mol. The normalized spacial score (nSPS) is 13.2. The van der Waals surface area contributed by atoms with Gasteiger partial charge in [-0.3, -0.25) is 0 Å². The number of alkyl halides is 6. The van der Waals surface area contributed by atoms with Crippen molar-refractivity contribution in [2.45, 2.75) is 45.5 Å². The summed E-state index contributed by atoms with van der Waals surface area (Å²) in [7, 11) is 0. The third kappa shape index (κ3) is 7.64. The van der Waals surface area contributed by atoms with Crippen molar-refractivity contribution in [3.63, 3.8) is 0 Å². The van der Waals surface area contributed by atoms with Crippen LogP contribution in [-0.4, -0.2) is 22.6 Å². The molecule has 33 heavy (non-hydrogen) atoms. The van der Waals surface area contributed by atoms with Crippen molar-refractivity contribution in [2.24, 2.45) is 5.92 Å². The lowest BCUT2D eigenvalue weighted by Gasteiger charge is -2.19. The number of benzene rings is 2. The van der Waals surface area contributed by atoms with Crippen LogP contribution in [0.5, 0.6) is 5.75 Å². The Morgan fingerprint density at radius 2 is 1.61 bits per heavy atom. The molecule has 3 nitrogen and oxygen atoms in total. The van der Waals surface area contributed by atoms with Crippen LogP contribution in [0.15, 0.2) is 60.7 Å². The molecule has 0 aliphatic heterocycles. The fourth-order valence-electron chi connectivity index (χ4n) is 3.13. The summed E-state index contributed by atoms with van der Waals surface area (Å²) in [5, 5.41) is 18.7. The number of aliphatic hydroxyl groups is 2. The van der Waals surface area contributed by atoms with Gasteiger partial charge in [-0.2, -0.15) is 26.3 Å². The lowest BCUT2D eigenvalue weighted by Crippen LogP contribution is -2.34. The van der Waals surface area contributed by atoms with Gasteiger partial charge in [-0.15, -0.1) is 0 Å². The molecule has 0 fully saturated rings. The number of rotatable bonds is 9. The van der Waals surface area contributed by atoms with Crippen LogP contribution in [0.3, 0.4) is 0 Å². The summed E-state index contributed by atoms with van der Waals surface area (Å²) >= 11 is 0. The first-order chi connectivity index (χ1) is 15.5. The van der Waals surface area contributed by atoms with Crippen LogP contribution < -0.4 is 4.74 Å². The first-order valence-electron chi connectivity index (χ1n) is 10.1. The maximum Gasteiger partial charge on any atom is 0.403 e. The molecule has 2 aromatic rings. The highest BCUT2D eigenvalue weighted by atomic mass is 19.4. The lowest BCUT2D eigenvalue weighted by molar-refractivity contribution is -0.267. The number of allylic oxidation sites excluding steroid dienone is 4. The van der Waals surface area contributed by atoms with E-state index < -0.39 is 18.3 Å². The van der Waals surface area contributed by atoms with Crippen molar-refractivity contribution in [1.29, 1.82) is 0 Å². The second-order valence-electron chi connectivity index (χ2n) is 7.23. The Bertz CT molecular complexity index is 963. The highest BCUT2D eigenvalue weighted by molar-refractivity contribution is 5.67. The van der Waals surface area contributed by atoms with Crippen molar-refractivity contribution in [3.8, 4) is 5.75 Å². The van der Waals surface area contributed by atoms with Gasteiger partial charge in [-0.05, 0) is 52.4 Å². The zero-order valence-corrected chi connectivity index (χ0v) is 17.7. The van der Waals surface area contributed by atoms with E-state index in [0.717, 1.165) is 11.6 Å². The molecular formula is C24H24F6O3. The molecule has 0 radical (unpaired) electrons. The Labute approximate surface area is 187 Å². The van der Waals surface area contributed by atoms with Crippen molar-refractivity contribution < 1.29 is 41.3 Å². The first-order valence-corrected chi connectivity index (χ1v) is 10.1. The smallest absolute Gasteiger partial charge is 0.403 e. The van der Waals surface area contributed by atoms with Crippen LogP contribution in [0.25, 0.3) is 5.57 Å². The van der Waals surface area contributed by atoms with Crippen LogP contribution in [0.1, 0.15) is 35.6 Å². The van der Waals surface area contributed by atoms with Crippen LogP contribution in [-0.2, 0) is 19.8 Å². The molecule has 0 heterocycles. The monoisotopic (exact) mass is 474 g/mol. The number of halogens is 6. The molecule has 2 N–H and O–H groups in total. The average molecular weight is 474 g/mol. The fraction of sp³-hybridized carbons (Fsp3) is 0.333. The first kappa shape index (κ1) is 26.5. The van der Waals surface area contributed by atoms with Crippen LogP contribution >= 0.6 is 0 Å². The van der Waals surface area contributed by atoms with E-state index in [4.69, 9.17) is 4.74 Å². The molecule has 0 aromatic heterocycles. The summed E-state index contributed by atoms with van der Waals surface area (Å²) in [6.45, 7) is 1.46. The molecule has 0 aliphatic carbocycles. The molecule has 2 rings (SSSR count). The molecule has 0 amide bonds. The van der Waals surface area contributed by atoms with Gasteiger partial charge in [0.25, 0.3) is 0 Å². The van der Waals surface area contributed by atoms with Crippen LogP contribution in [0.4, 0.5) is 26.3 Å². The Morgan fingerprint density at radius 1 is 0.939 bits per heavy atom. The van der Waals surface area contributed by atoms with E-state index in [0.29, 0.717) is 34.4 Å². The van der Waals surface area contributed by atoms with Crippen molar-refractivity contribution >= 4 is 5.57 Å². The number of hydrogen-bond acceptors (Lipinski definition) is 3. The summed E-state index contributed by atoms with van der Waals surface area (Å²) in [6, 6.07) is 11.8. The van der Waals surface area contributed by atoms with E-state index in [2.05, 4.69) is 0 Å². The number of aliphatic hydroxyl groups excluding tert-OH is 2. The third-order valence-corrected chi connectivity index (χ3v) is 4.91. The van der Waals surface area contributed by atoms with Crippen molar-refractivity contribution in [1.82, 2.24) is 0 Å². The Hall–Kier alpha value is -2.78. The molecule has 0 saturated heterocycles. The quantitative estimate of drug-likeness (QED) is 0.329. The van der Waals surface area contributed by atoms with Gasteiger partial charge in [-0.25, -0.2) is 0 Å². The zero-order chi connectivity index (χ0) is 24.6. The van der Waals surface area contributed by atoms with E-state index in [9.17, 15) is 36.6 Å². The standard InChI is InChI=1S/C24H24F6O3/c1-2-17(5-4-8-22(23(25,26)27)24(28,29)30)18-6-3-7-21(12-18)33-15-16-9-10-19(13-31)20(11-16)14-32/h3-12,22,31-32H,2,13-15H2,1H3/b8-4+,17-5+. The summed E-state index contributed by atoms with van der Waals surface area (Å²) in [4.78, 5) is 0. The predicted octanol–water partition coefficient (Wildman–Crippen LogP) is 6.34. The maximum atomic E-state index is 12.7. The minimum absolute atomic E-state index is 0.102. The van der Waals surface area contributed by atoms with E-state index in [1.165, 1.54) is 6.08 Å². The van der Waals surface area contributed by atoms with Crippen molar-refractivity contribution in [3.05, 3.63) is 82.9 Å². The van der Waals surface area contributed by atoms with E-state index in [1.807, 2.05) is 0 Å². The molecule has 0 unspecified atom stereocenters. The maximum absolute atomic E-state index is 12.7. The molecule has 2 aromatic carbocycles. The second kappa shape index (κ2) is 11.4. The Balaban J connectivity index is 2.17. The summed E-state index contributed by atoms with van der Waals surface area (Å²) in [5.74, 6) is -3.08. The van der Waals surface area contributed by atoms with Crippen LogP contribution in [0.2, 0.25) is 0 Å². The molecule has 0 bridgehead atoms. The van der Waals surface area contributed by atoms with Gasteiger partial charge in [0.2, 0.25) is 0 Å². The van der Waals surface area contributed by atoms with Gasteiger partial charge >= 0.3 is 12.4 Å². The predicted molar refractivity (Wildman–Crippen MR) is 112 cm³/mol. The third-order valence-electron chi connectivity index (χ3n) is 4.91. The van der Waals surface area contributed by atoms with Gasteiger partial charge < -0.3 is 14.9 Å². The molecule has 0 saturated carbocycles. The van der Waals surface area contributed by atoms with Gasteiger partial charge in [0.1, 0.15) is 12.4 Å². The summed E-state index contributed by atoms with van der Waals surface area (Å²) in [5.41, 5.74) is 3.07. The number of hydrogen-bond donors (Lipinski definition) is 2. The van der Waals surface area contributed by atoms with Gasteiger partial charge in [-0.1, -0.05) is 49.4 Å². The highest BCUT2D eigenvalue weighted by Gasteiger charge is 2.54. The fourth-order valence-corrected chi connectivity index (χ4v) is 3.13. The summed E-state index contributed by atoms with van der Waals surface area (Å²) in [6.07, 6.45) is -8.37. The molecule has 180 valence electrons. The number of ether oxygens (including phenoxy) is 1. The Kier molecular flexibility index (Phi) is 9.13. The Morgan fingerprint density at radius 3 is 2.18 bits per heavy atom. The molecule has 0 atom stereocenters. The minimum atomic E-state index is -5.42. The molecule has 9 heteroatoms. The van der Waals surface area contributed by atoms with E-state index in [-0.39, 0.29) is 25.9 Å². The van der Waals surface area contributed by atoms with E-state index in [1.54, 1.807) is 49.4 Å². The highest BCUT2D eigenvalue weighted by Crippen LogP contribution is 2.40. The average Bonchev–Trinajstić information content (AvgIpc) is 2.76. The SMILES string of the molecule is CC/C(=C\C=C\C(C(F)(F)F)C(F)(F)F)c1cccc(OCc2ccc(CO)c(CO)c2)c1. The van der Waals surface area contributed by atoms with Gasteiger partial charge in [0, 0.05) is 0 Å². The summed E-state index contributed by atoms with van der Waals surface area (Å²) < 4.78 is 81.8. The van der Waals surface area contributed by atoms with Gasteiger partial charge in [0.15, 0.2) is 5.92 Å². The minimum Gasteiger partial charge on any atom is -0.489 e. The van der Waals surface area contributed by atoms with Crippen LogP contribution in [0, 0.1) is 5.92 Å². The largest absolute Gasteiger partial charge is 0.489 e.